The van der Waals surface area contributed by atoms with Gasteiger partial charge in [-0.05, 0) is 0 Å². The van der Waals surface area contributed by atoms with E-state index < -0.39 is 0 Å². The van der Waals surface area contributed by atoms with Crippen LogP contribution < -0.4 is 0 Å². The van der Waals surface area contributed by atoms with Crippen molar-refractivity contribution in [3.05, 3.63) is 7.43 Å². The largest absolute Gasteiger partial charge is 3.00 e. The maximum absolute atomic E-state index is 7.75. The summed E-state index contributed by atoms with van der Waals surface area (Å²) in [6.07, 6.45) is 0. The summed E-state index contributed by atoms with van der Waals surface area (Å²) >= 11 is 0. The Morgan fingerprint density at radius 3 is 1.00 bits per heavy atom. The fourth-order valence-electron chi connectivity index (χ4n) is 0. The SMILES string of the molecule is CO.[CH-]=O.[CH-]=O.[CH3-].[Mn+3]. The van der Waals surface area contributed by atoms with E-state index in [0.717, 1.165) is 7.11 Å². The van der Waals surface area contributed by atoms with Crippen LogP contribution in [-0.2, 0) is 26.7 Å². The van der Waals surface area contributed by atoms with E-state index in [2.05, 4.69) is 13.6 Å². The number of rotatable bonds is 0. The van der Waals surface area contributed by atoms with Gasteiger partial charge in [-0.25, -0.2) is 0 Å². The van der Waals surface area contributed by atoms with Crippen molar-refractivity contribution >= 4 is 13.6 Å². The molecule has 0 radical (unpaired) electrons. The molecule has 0 atom stereocenters. The van der Waals surface area contributed by atoms with E-state index in [1.54, 1.807) is 0 Å². The van der Waals surface area contributed by atoms with E-state index in [0.29, 0.717) is 0 Å². The average Bonchev–Trinajstić information content (AvgIpc) is 1.81. The molecule has 0 saturated heterocycles. The van der Waals surface area contributed by atoms with Gasteiger partial charge in [0.15, 0.2) is 0 Å². The van der Waals surface area contributed by atoms with Crippen molar-refractivity contribution < 1.29 is 31.8 Å². The fourth-order valence-corrected chi connectivity index (χ4v) is 0. The minimum absolute atomic E-state index is 0. The summed E-state index contributed by atoms with van der Waals surface area (Å²) in [6.45, 7) is 6.50. The molecule has 0 rings (SSSR count). The zero-order chi connectivity index (χ0) is 6.00. The molecule has 50 valence electrons. The van der Waals surface area contributed by atoms with Crippen LogP contribution in [0.4, 0.5) is 0 Å². The molecule has 0 heterocycles. The second kappa shape index (κ2) is 7090. The van der Waals surface area contributed by atoms with Crippen LogP contribution in [0.15, 0.2) is 0 Å². The summed E-state index contributed by atoms with van der Waals surface area (Å²) in [5.41, 5.74) is 0. The molecule has 0 amide bonds. The molecular formula is C4H9MnO3. The van der Waals surface area contributed by atoms with Gasteiger partial charge in [0, 0.05) is 7.11 Å². The van der Waals surface area contributed by atoms with Crippen molar-refractivity contribution in [2.24, 2.45) is 0 Å². The van der Waals surface area contributed by atoms with E-state index in [1.807, 2.05) is 0 Å². The zero-order valence-corrected chi connectivity index (χ0v) is 5.98. The van der Waals surface area contributed by atoms with Gasteiger partial charge in [-0.3, -0.25) is 13.6 Å². The summed E-state index contributed by atoms with van der Waals surface area (Å²) in [6, 6.07) is 0. The maximum atomic E-state index is 7.75. The predicted octanol–water partition coefficient (Wildman–Crippen LogP) is -0.492. The van der Waals surface area contributed by atoms with Gasteiger partial charge in [0.2, 0.25) is 0 Å². The van der Waals surface area contributed by atoms with E-state index in [4.69, 9.17) is 14.7 Å². The normalized spacial score (nSPS) is 1.75. The van der Waals surface area contributed by atoms with Crippen LogP contribution in [0.3, 0.4) is 0 Å². The molecular weight excluding hydrogens is 151 g/mol. The molecule has 1 N–H and O–H groups in total. The third kappa shape index (κ3) is 4150. The standard InChI is InChI=1S/CH4O.2CHO.CH3.Mn/c3*1-2;;/h2H,1H3;2*1H;1H3;/q;3*-1;+3. The summed E-state index contributed by atoms with van der Waals surface area (Å²) < 4.78 is 0. The van der Waals surface area contributed by atoms with Gasteiger partial charge < -0.3 is 22.1 Å². The van der Waals surface area contributed by atoms with Crippen LogP contribution in [0.5, 0.6) is 0 Å². The first kappa shape index (κ1) is 45.7. The molecule has 0 aliphatic rings. The van der Waals surface area contributed by atoms with Crippen molar-refractivity contribution in [2.75, 3.05) is 7.11 Å². The van der Waals surface area contributed by atoms with E-state index >= 15 is 0 Å². The van der Waals surface area contributed by atoms with Crippen molar-refractivity contribution in [3.63, 3.8) is 0 Å². The molecule has 3 nitrogen and oxygen atoms in total. The Kier molecular flexibility index (Phi) is 40500. The van der Waals surface area contributed by atoms with Crippen molar-refractivity contribution in [1.82, 2.24) is 0 Å². The molecule has 0 saturated carbocycles. The predicted molar refractivity (Wildman–Crippen MR) is 28.1 cm³/mol. The number of aliphatic hydroxyl groups is 1. The number of hydrogen-bond donors (Lipinski definition) is 1. The van der Waals surface area contributed by atoms with Gasteiger partial charge in [-0.15, -0.1) is 0 Å². The Morgan fingerprint density at radius 2 is 1.00 bits per heavy atom. The van der Waals surface area contributed by atoms with Gasteiger partial charge in [-0.2, -0.15) is 0 Å². The Labute approximate surface area is 60.6 Å². The molecule has 8 heavy (non-hydrogen) atoms. The summed E-state index contributed by atoms with van der Waals surface area (Å²) in [7, 11) is 1.00. The Morgan fingerprint density at radius 1 is 1.00 bits per heavy atom. The first-order valence-electron chi connectivity index (χ1n) is 0.919. The minimum Gasteiger partial charge on any atom is -0.545 e. The van der Waals surface area contributed by atoms with E-state index in [1.165, 1.54) is 0 Å². The van der Waals surface area contributed by atoms with Crippen LogP contribution in [-0.4, -0.2) is 25.8 Å². The number of carbonyl (C=O) groups excluding carboxylic acids is 2. The molecule has 0 unspecified atom stereocenters. The molecule has 0 fully saturated rings. The monoisotopic (exact) mass is 160 g/mol. The summed E-state index contributed by atoms with van der Waals surface area (Å²) in [4.78, 5) is 15.5. The van der Waals surface area contributed by atoms with Gasteiger partial charge in [-0.1, -0.05) is 0 Å². The Bertz CT molecular complexity index is 13.2. The van der Waals surface area contributed by atoms with Gasteiger partial charge in [0.05, 0.1) is 0 Å². The second-order valence-corrected chi connectivity index (χ2v) is 0. The number of hydrogen-bond acceptors (Lipinski definition) is 3. The third-order valence-corrected chi connectivity index (χ3v) is 0. The van der Waals surface area contributed by atoms with Crippen LogP contribution >= 0.6 is 0 Å². The molecule has 0 aromatic carbocycles. The average molecular weight is 160 g/mol. The van der Waals surface area contributed by atoms with Crippen LogP contribution in [0.2, 0.25) is 0 Å². The summed E-state index contributed by atoms with van der Waals surface area (Å²) in [5, 5.41) is 7.00. The molecule has 0 spiro atoms. The third-order valence-electron chi connectivity index (χ3n) is 0. The molecule has 0 aromatic heterocycles. The van der Waals surface area contributed by atoms with Crippen LogP contribution in [0.25, 0.3) is 0 Å². The Balaban J connectivity index is -0.00000000500. The zero-order valence-electron chi connectivity index (χ0n) is 4.80. The first-order chi connectivity index (χ1) is 3.00. The summed E-state index contributed by atoms with van der Waals surface area (Å²) in [5.74, 6) is 0. The van der Waals surface area contributed by atoms with Gasteiger partial charge in [0.25, 0.3) is 0 Å². The van der Waals surface area contributed by atoms with Crippen molar-refractivity contribution in [3.8, 4) is 0 Å². The van der Waals surface area contributed by atoms with Crippen LogP contribution in [0, 0.1) is 7.43 Å². The smallest absolute Gasteiger partial charge is 0.545 e. The first-order valence-corrected chi connectivity index (χ1v) is 0.919. The maximum Gasteiger partial charge on any atom is 3.00 e. The van der Waals surface area contributed by atoms with Crippen molar-refractivity contribution in [1.29, 1.82) is 0 Å². The van der Waals surface area contributed by atoms with E-state index in [9.17, 15) is 0 Å². The molecule has 0 bridgehead atoms. The molecule has 0 aromatic rings. The Hall–Kier alpha value is -0.181. The quantitative estimate of drug-likeness (QED) is 0.295. The van der Waals surface area contributed by atoms with E-state index in [-0.39, 0.29) is 24.5 Å². The molecule has 4 heteroatoms. The number of aliphatic hydroxyl groups excluding tert-OH is 1. The van der Waals surface area contributed by atoms with Crippen LogP contribution in [0.1, 0.15) is 0 Å². The second-order valence-electron chi connectivity index (χ2n) is 0. The fraction of sp³-hybridized carbons (Fsp3) is 0.250. The molecule has 0 aliphatic heterocycles. The topological polar surface area (TPSA) is 54.4 Å². The van der Waals surface area contributed by atoms with Gasteiger partial charge >= 0.3 is 17.1 Å². The minimum atomic E-state index is 0. The van der Waals surface area contributed by atoms with Gasteiger partial charge in [0.1, 0.15) is 0 Å². The van der Waals surface area contributed by atoms with Crippen molar-refractivity contribution in [2.45, 2.75) is 0 Å². The molecule has 0 aliphatic carbocycles.